The first kappa shape index (κ1) is 41.0. The number of alkyl carbamates (subject to hydrolysis) is 2. The molecule has 0 saturated carbocycles. The summed E-state index contributed by atoms with van der Waals surface area (Å²) in [6, 6.07) is 13.4. The van der Waals surface area contributed by atoms with E-state index in [1.807, 2.05) is 102 Å². The zero-order chi connectivity index (χ0) is 41.7. The third-order valence-corrected chi connectivity index (χ3v) is 10.2. The van der Waals surface area contributed by atoms with Gasteiger partial charge in [0.25, 0.3) is 0 Å². The molecule has 2 aliphatic rings. The van der Waals surface area contributed by atoms with Gasteiger partial charge in [-0.15, -0.1) is 0 Å². The van der Waals surface area contributed by atoms with Crippen molar-refractivity contribution in [3.05, 3.63) is 107 Å². The van der Waals surface area contributed by atoms with E-state index < -0.39 is 36.4 Å². The van der Waals surface area contributed by atoms with Gasteiger partial charge >= 0.3 is 12.2 Å². The van der Waals surface area contributed by atoms with E-state index in [1.54, 1.807) is 22.2 Å². The minimum Gasteiger partial charge on any atom is -0.453 e. The number of nitrogens with zero attached hydrogens (tertiary/aromatic N) is 4. The summed E-state index contributed by atoms with van der Waals surface area (Å²) in [6.45, 7) is 12.3. The maximum atomic E-state index is 13.6. The Morgan fingerprint density at radius 2 is 1.02 bits per heavy atom. The number of methoxy groups -OCH3 is 2. The molecule has 14 heteroatoms. The van der Waals surface area contributed by atoms with E-state index in [4.69, 9.17) is 9.47 Å². The molecule has 0 saturated heterocycles. The lowest BCUT2D eigenvalue weighted by molar-refractivity contribution is -0.135. The molecule has 2 aliphatic heterocycles. The smallest absolute Gasteiger partial charge is 0.407 e. The molecular formula is C44H50N8O6. The van der Waals surface area contributed by atoms with Crippen LogP contribution in [0.25, 0.3) is 22.5 Å². The molecule has 0 spiro atoms. The van der Waals surface area contributed by atoms with Crippen molar-refractivity contribution in [1.29, 1.82) is 0 Å². The summed E-state index contributed by atoms with van der Waals surface area (Å²) >= 11 is 0. The lowest BCUT2D eigenvalue weighted by Gasteiger charge is -2.30. The van der Waals surface area contributed by atoms with E-state index >= 15 is 0 Å². The maximum Gasteiger partial charge on any atom is 0.407 e. The van der Waals surface area contributed by atoms with E-state index in [0.717, 1.165) is 44.8 Å². The summed E-state index contributed by atoms with van der Waals surface area (Å²) in [5.74, 6) is 7.05. The molecule has 4 N–H and O–H groups in total. The molecule has 58 heavy (non-hydrogen) atoms. The molecule has 2 unspecified atom stereocenters. The van der Waals surface area contributed by atoms with Crippen molar-refractivity contribution in [2.45, 2.75) is 65.7 Å². The molecule has 2 aromatic carbocycles. The Bertz CT molecular complexity index is 2120. The second-order valence-corrected chi connectivity index (χ2v) is 15.3. The number of hydrogen-bond donors (Lipinski definition) is 4. The number of carbonyl (C=O) groups is 4. The van der Waals surface area contributed by atoms with Gasteiger partial charge in [-0.2, -0.15) is 0 Å². The zero-order valence-electron chi connectivity index (χ0n) is 34.0. The molecule has 2 aromatic heterocycles. The van der Waals surface area contributed by atoms with Crippen molar-refractivity contribution in [3.63, 3.8) is 0 Å². The maximum absolute atomic E-state index is 13.6. The first-order valence-electron chi connectivity index (χ1n) is 19.2. The van der Waals surface area contributed by atoms with Crippen LogP contribution in [0.15, 0.2) is 84.2 Å². The zero-order valence-corrected chi connectivity index (χ0v) is 34.0. The van der Waals surface area contributed by atoms with Crippen molar-refractivity contribution in [3.8, 4) is 34.4 Å². The molecule has 4 amide bonds. The monoisotopic (exact) mass is 786 g/mol. The number of carbonyl (C=O) groups excluding carboxylic acids is 4. The second kappa shape index (κ2) is 17.7. The highest BCUT2D eigenvalue weighted by Crippen LogP contribution is 2.33. The first-order valence-corrected chi connectivity index (χ1v) is 19.2. The molecule has 4 atom stereocenters. The topological polar surface area (TPSA) is 175 Å². The Hall–Kier alpha value is -6.62. The fourth-order valence-electron chi connectivity index (χ4n) is 7.08. The molecule has 14 nitrogen and oxygen atoms in total. The summed E-state index contributed by atoms with van der Waals surface area (Å²) < 4.78 is 9.51. The van der Waals surface area contributed by atoms with Crippen LogP contribution in [0.1, 0.15) is 76.4 Å². The third-order valence-electron chi connectivity index (χ3n) is 10.2. The Kier molecular flexibility index (Phi) is 12.5. The van der Waals surface area contributed by atoms with Crippen LogP contribution in [0.5, 0.6) is 0 Å². The number of rotatable bonds is 10. The second-order valence-electron chi connectivity index (χ2n) is 15.3. The van der Waals surface area contributed by atoms with Crippen molar-refractivity contribution < 1.29 is 28.7 Å². The standard InChI is InChI=1S/C44H50N8O6/c1-25(2)37(49-43(55)57-7)41(53)51-23-27(5)19-35(51)39-45-21-33(47-39)31-15-11-29(12-16-31)9-10-30-13-17-32(18-14-30)34-22-46-40(48-34)36-20-28(6)24-52(36)42(54)38(26(3)4)50-44(56)58-8/h11-22,25-26,35-38H,23-24H2,1-8H3,(H,45,47)(H,46,48)(H,49,55)(H,50,56)/t35?,36?,37-,38-/m0/s1. The SMILES string of the molecule is COC(=O)N[C@H](C(=O)N1CC(C)=CC1c1ncc(-c2ccc(C#Cc3ccc(-c4cnc(C5C=C(C)CN5C(=O)[C@@H](NC(=O)OC)C(C)C)[nH]4)cc3)cc2)[nH]1)C(C)C. The van der Waals surface area contributed by atoms with E-state index in [-0.39, 0.29) is 23.7 Å². The highest BCUT2D eigenvalue weighted by molar-refractivity contribution is 5.88. The minimum atomic E-state index is -0.737. The molecule has 4 aromatic rings. The predicted molar refractivity (Wildman–Crippen MR) is 219 cm³/mol. The number of aromatic amines is 2. The summed E-state index contributed by atoms with van der Waals surface area (Å²) in [7, 11) is 2.55. The number of ether oxygens (including phenoxy) is 2. The van der Waals surface area contributed by atoms with Crippen molar-refractivity contribution in [2.75, 3.05) is 27.3 Å². The van der Waals surface area contributed by atoms with Gasteiger partial charge in [0.2, 0.25) is 11.8 Å². The third kappa shape index (κ3) is 9.15. The van der Waals surface area contributed by atoms with Crippen molar-refractivity contribution in [1.82, 2.24) is 40.4 Å². The lowest BCUT2D eigenvalue weighted by atomic mass is 10.0. The minimum absolute atomic E-state index is 0.141. The summed E-state index contributed by atoms with van der Waals surface area (Å²) in [6.07, 6.45) is 6.24. The number of amides is 4. The molecule has 4 heterocycles. The molecule has 0 radical (unpaired) electrons. The Morgan fingerprint density at radius 3 is 1.34 bits per heavy atom. The van der Waals surface area contributed by atoms with Gasteiger partial charge in [-0.3, -0.25) is 9.59 Å². The van der Waals surface area contributed by atoms with Crippen LogP contribution in [-0.4, -0.2) is 93.1 Å². The Balaban J connectivity index is 1.10. The highest BCUT2D eigenvalue weighted by atomic mass is 16.5. The van der Waals surface area contributed by atoms with Gasteiger partial charge in [0, 0.05) is 24.2 Å². The van der Waals surface area contributed by atoms with Crippen LogP contribution in [-0.2, 0) is 19.1 Å². The normalized spacial score (nSPS) is 17.3. The number of aromatic nitrogens is 4. The Labute approximate surface area is 338 Å². The number of hydrogen-bond acceptors (Lipinski definition) is 8. The van der Waals surface area contributed by atoms with Crippen LogP contribution in [0.4, 0.5) is 9.59 Å². The molecule has 302 valence electrons. The summed E-state index contributed by atoms with van der Waals surface area (Å²) in [4.78, 5) is 70.7. The fraction of sp³-hybridized carbons (Fsp3) is 0.364. The first-order chi connectivity index (χ1) is 27.8. The Morgan fingerprint density at radius 1 is 0.655 bits per heavy atom. The average Bonchev–Trinajstić information content (AvgIpc) is 4.04. The van der Waals surface area contributed by atoms with Gasteiger partial charge in [-0.05, 0) is 61.1 Å². The van der Waals surface area contributed by atoms with E-state index in [1.165, 1.54) is 14.2 Å². The van der Waals surface area contributed by atoms with Crippen LogP contribution in [0, 0.1) is 23.7 Å². The van der Waals surface area contributed by atoms with Crippen molar-refractivity contribution >= 4 is 24.0 Å². The number of benzene rings is 2. The summed E-state index contributed by atoms with van der Waals surface area (Å²) in [5, 5.41) is 5.35. The molecule has 6 rings (SSSR count). The van der Waals surface area contributed by atoms with Crippen LogP contribution < -0.4 is 10.6 Å². The van der Waals surface area contributed by atoms with E-state index in [0.29, 0.717) is 24.7 Å². The van der Waals surface area contributed by atoms with Gasteiger partial charge in [-0.1, -0.05) is 87.1 Å². The molecule has 0 aliphatic carbocycles. The van der Waals surface area contributed by atoms with Gasteiger partial charge in [0.15, 0.2) is 0 Å². The van der Waals surface area contributed by atoms with Gasteiger partial charge in [0.1, 0.15) is 35.8 Å². The van der Waals surface area contributed by atoms with Gasteiger partial charge in [-0.25, -0.2) is 19.6 Å². The lowest BCUT2D eigenvalue weighted by Crippen LogP contribution is -2.51. The van der Waals surface area contributed by atoms with Gasteiger partial charge in [0.05, 0.1) is 38.0 Å². The number of H-pyrrole nitrogens is 2. The molecule has 0 fully saturated rings. The van der Waals surface area contributed by atoms with E-state index in [9.17, 15) is 19.2 Å². The van der Waals surface area contributed by atoms with Crippen LogP contribution in [0.3, 0.4) is 0 Å². The number of nitrogens with one attached hydrogen (secondary N) is 4. The fourth-order valence-corrected chi connectivity index (χ4v) is 7.08. The average molecular weight is 787 g/mol. The highest BCUT2D eigenvalue weighted by Gasteiger charge is 2.38. The number of imidazole rings is 2. The van der Waals surface area contributed by atoms with Crippen molar-refractivity contribution in [2.24, 2.45) is 11.8 Å². The van der Waals surface area contributed by atoms with Gasteiger partial charge < -0.3 is 39.9 Å². The summed E-state index contributed by atoms with van der Waals surface area (Å²) in [5.41, 5.74) is 7.21. The van der Waals surface area contributed by atoms with E-state index in [2.05, 4.69) is 42.4 Å². The predicted octanol–water partition coefficient (Wildman–Crippen LogP) is 6.29. The van der Waals surface area contributed by atoms with Crippen LogP contribution >= 0.6 is 0 Å². The quantitative estimate of drug-likeness (QED) is 0.107. The molecule has 0 bridgehead atoms. The largest absolute Gasteiger partial charge is 0.453 e. The van der Waals surface area contributed by atoms with Crippen LogP contribution in [0.2, 0.25) is 0 Å². The molecular weight excluding hydrogens is 737 g/mol.